The normalized spacial score (nSPS) is 28.8. The standard InChI is InChI=1S/C14H28N2O2S/c1-3-12-4-8-14(9-5-12)16(2)19(17,18)11-10-15-13-6-7-13/h12-15H,3-11H2,1-2H3. The van der Waals surface area contributed by atoms with E-state index in [1.54, 1.807) is 11.4 Å². The second-order valence-electron chi connectivity index (χ2n) is 6.14. The molecule has 19 heavy (non-hydrogen) atoms. The van der Waals surface area contributed by atoms with Crippen molar-refractivity contribution in [3.8, 4) is 0 Å². The van der Waals surface area contributed by atoms with Crippen molar-refractivity contribution < 1.29 is 8.42 Å². The molecule has 0 unspecified atom stereocenters. The SMILES string of the molecule is CCC1CCC(N(C)S(=O)(=O)CCNC2CC2)CC1. The van der Waals surface area contributed by atoms with Gasteiger partial charge < -0.3 is 5.32 Å². The Hall–Kier alpha value is -0.130. The molecule has 1 N–H and O–H groups in total. The first-order valence-corrected chi connectivity index (χ1v) is 9.33. The molecule has 2 aliphatic rings. The summed E-state index contributed by atoms with van der Waals surface area (Å²) >= 11 is 0. The molecule has 0 aromatic heterocycles. The molecule has 112 valence electrons. The molecule has 0 radical (unpaired) electrons. The predicted molar refractivity (Wildman–Crippen MR) is 78.6 cm³/mol. The fourth-order valence-electron chi connectivity index (χ4n) is 2.97. The molecule has 0 bridgehead atoms. The zero-order chi connectivity index (χ0) is 13.9. The molecule has 2 rings (SSSR count). The van der Waals surface area contributed by atoms with Crippen molar-refractivity contribution in [1.82, 2.24) is 9.62 Å². The third-order valence-electron chi connectivity index (χ3n) is 4.72. The zero-order valence-electron chi connectivity index (χ0n) is 12.3. The van der Waals surface area contributed by atoms with Crippen molar-refractivity contribution in [2.45, 2.75) is 64.0 Å². The smallest absolute Gasteiger partial charge is 0.215 e. The van der Waals surface area contributed by atoms with Gasteiger partial charge in [0, 0.05) is 25.7 Å². The molecule has 2 saturated carbocycles. The summed E-state index contributed by atoms with van der Waals surface area (Å²) in [7, 11) is -1.31. The molecular weight excluding hydrogens is 260 g/mol. The Bertz CT molecular complexity index is 371. The summed E-state index contributed by atoms with van der Waals surface area (Å²) in [6.07, 6.45) is 8.07. The number of sulfonamides is 1. The maximum Gasteiger partial charge on any atom is 0.215 e. The van der Waals surface area contributed by atoms with Gasteiger partial charge in [-0.15, -0.1) is 0 Å². The highest BCUT2D eigenvalue weighted by Gasteiger charge is 2.30. The molecule has 0 aromatic rings. The van der Waals surface area contributed by atoms with Gasteiger partial charge in [0.1, 0.15) is 0 Å². The van der Waals surface area contributed by atoms with E-state index < -0.39 is 10.0 Å². The zero-order valence-corrected chi connectivity index (χ0v) is 13.1. The maximum absolute atomic E-state index is 12.3. The summed E-state index contributed by atoms with van der Waals surface area (Å²) in [4.78, 5) is 0. The highest BCUT2D eigenvalue weighted by atomic mass is 32.2. The van der Waals surface area contributed by atoms with Crippen LogP contribution < -0.4 is 5.32 Å². The van der Waals surface area contributed by atoms with Crippen LogP contribution in [-0.2, 0) is 10.0 Å². The van der Waals surface area contributed by atoms with Crippen LogP contribution in [0.5, 0.6) is 0 Å². The molecule has 0 heterocycles. The lowest BCUT2D eigenvalue weighted by atomic mass is 9.85. The molecule has 0 saturated heterocycles. The van der Waals surface area contributed by atoms with Crippen LogP contribution in [0.4, 0.5) is 0 Å². The van der Waals surface area contributed by atoms with Crippen LogP contribution >= 0.6 is 0 Å². The molecule has 4 nitrogen and oxygen atoms in total. The van der Waals surface area contributed by atoms with Gasteiger partial charge in [0.15, 0.2) is 0 Å². The number of hydrogen-bond donors (Lipinski definition) is 1. The summed E-state index contributed by atoms with van der Waals surface area (Å²) in [5, 5.41) is 3.28. The Morgan fingerprint density at radius 1 is 1.11 bits per heavy atom. The fraction of sp³-hybridized carbons (Fsp3) is 1.00. The maximum atomic E-state index is 12.3. The van der Waals surface area contributed by atoms with E-state index in [0.717, 1.165) is 18.8 Å². The van der Waals surface area contributed by atoms with E-state index in [2.05, 4.69) is 12.2 Å². The summed E-state index contributed by atoms with van der Waals surface area (Å²) in [5.74, 6) is 1.05. The van der Waals surface area contributed by atoms with Crippen LogP contribution in [0.2, 0.25) is 0 Å². The lowest BCUT2D eigenvalue weighted by Crippen LogP contribution is -2.42. The van der Waals surface area contributed by atoms with Crippen molar-refractivity contribution in [1.29, 1.82) is 0 Å². The van der Waals surface area contributed by atoms with Gasteiger partial charge in [0.2, 0.25) is 10.0 Å². The van der Waals surface area contributed by atoms with Gasteiger partial charge >= 0.3 is 0 Å². The van der Waals surface area contributed by atoms with Crippen LogP contribution in [0.1, 0.15) is 51.9 Å². The minimum Gasteiger partial charge on any atom is -0.313 e. The predicted octanol–water partition coefficient (Wildman–Crippen LogP) is 1.97. The van der Waals surface area contributed by atoms with Crippen LogP contribution in [-0.4, -0.2) is 44.2 Å². The quantitative estimate of drug-likeness (QED) is 0.779. The lowest BCUT2D eigenvalue weighted by Gasteiger charge is -2.33. The molecule has 0 amide bonds. The first-order valence-electron chi connectivity index (χ1n) is 7.72. The Morgan fingerprint density at radius 3 is 2.26 bits per heavy atom. The monoisotopic (exact) mass is 288 g/mol. The van der Waals surface area contributed by atoms with Crippen LogP contribution in [0.25, 0.3) is 0 Å². The lowest BCUT2D eigenvalue weighted by molar-refractivity contribution is 0.233. The van der Waals surface area contributed by atoms with Gasteiger partial charge in [0.05, 0.1) is 5.75 Å². The van der Waals surface area contributed by atoms with E-state index in [4.69, 9.17) is 0 Å². The first-order chi connectivity index (χ1) is 9.03. The van der Waals surface area contributed by atoms with Gasteiger partial charge in [0.25, 0.3) is 0 Å². The van der Waals surface area contributed by atoms with Gasteiger partial charge in [-0.1, -0.05) is 13.3 Å². The van der Waals surface area contributed by atoms with Crippen molar-refractivity contribution in [3.05, 3.63) is 0 Å². The summed E-state index contributed by atoms with van der Waals surface area (Å²) in [6, 6.07) is 0.814. The van der Waals surface area contributed by atoms with E-state index in [-0.39, 0.29) is 11.8 Å². The number of nitrogens with zero attached hydrogens (tertiary/aromatic N) is 1. The van der Waals surface area contributed by atoms with Crippen LogP contribution in [0.15, 0.2) is 0 Å². The van der Waals surface area contributed by atoms with E-state index in [9.17, 15) is 8.42 Å². The van der Waals surface area contributed by atoms with Crippen molar-refractivity contribution >= 4 is 10.0 Å². The second-order valence-corrected chi connectivity index (χ2v) is 8.29. The minimum absolute atomic E-state index is 0.230. The Balaban J connectivity index is 1.78. The molecule has 2 aliphatic carbocycles. The molecule has 0 atom stereocenters. The number of nitrogens with one attached hydrogen (secondary N) is 1. The van der Waals surface area contributed by atoms with Crippen LogP contribution in [0, 0.1) is 5.92 Å². The van der Waals surface area contributed by atoms with Gasteiger partial charge in [-0.05, 0) is 44.4 Å². The van der Waals surface area contributed by atoms with Crippen LogP contribution in [0.3, 0.4) is 0 Å². The van der Waals surface area contributed by atoms with E-state index in [0.29, 0.717) is 12.6 Å². The van der Waals surface area contributed by atoms with E-state index >= 15 is 0 Å². The fourth-order valence-corrected chi connectivity index (χ4v) is 4.30. The first kappa shape index (κ1) is 15.3. The van der Waals surface area contributed by atoms with E-state index in [1.807, 2.05) is 0 Å². The summed E-state index contributed by atoms with van der Waals surface area (Å²) in [6.45, 7) is 2.83. The molecule has 0 aromatic carbocycles. The highest BCUT2D eigenvalue weighted by molar-refractivity contribution is 7.89. The average molecular weight is 288 g/mol. The molecule has 0 spiro atoms. The summed E-state index contributed by atoms with van der Waals surface area (Å²) < 4.78 is 26.2. The molecule has 5 heteroatoms. The topological polar surface area (TPSA) is 49.4 Å². The second kappa shape index (κ2) is 6.55. The Morgan fingerprint density at radius 2 is 1.74 bits per heavy atom. The average Bonchev–Trinajstić information content (AvgIpc) is 3.22. The Labute approximate surface area is 118 Å². The van der Waals surface area contributed by atoms with Gasteiger partial charge in [-0.2, -0.15) is 0 Å². The number of hydrogen-bond acceptors (Lipinski definition) is 3. The van der Waals surface area contributed by atoms with Gasteiger partial charge in [-0.25, -0.2) is 12.7 Å². The third-order valence-corrected chi connectivity index (χ3v) is 6.61. The number of rotatable bonds is 7. The molecule has 2 fully saturated rings. The van der Waals surface area contributed by atoms with Crippen molar-refractivity contribution in [3.63, 3.8) is 0 Å². The van der Waals surface area contributed by atoms with Crippen molar-refractivity contribution in [2.24, 2.45) is 5.92 Å². The van der Waals surface area contributed by atoms with Crippen molar-refractivity contribution in [2.75, 3.05) is 19.3 Å². The molecular formula is C14H28N2O2S. The van der Waals surface area contributed by atoms with E-state index in [1.165, 1.54) is 32.1 Å². The Kier molecular flexibility index (Phi) is 5.26. The largest absolute Gasteiger partial charge is 0.313 e. The highest BCUT2D eigenvalue weighted by Crippen LogP contribution is 2.30. The minimum atomic E-state index is -3.08. The third kappa shape index (κ3) is 4.43. The summed E-state index contributed by atoms with van der Waals surface area (Å²) in [5.41, 5.74) is 0. The molecule has 0 aliphatic heterocycles. The van der Waals surface area contributed by atoms with Gasteiger partial charge in [-0.3, -0.25) is 0 Å².